The Morgan fingerprint density at radius 1 is 0.741 bits per heavy atom. The molecule has 5 rings (SSSR count). The molecule has 314 valence electrons. The molecule has 14 nitrogen and oxygen atoms in total. The van der Waals surface area contributed by atoms with E-state index in [4.69, 9.17) is 14.0 Å². The van der Waals surface area contributed by atoms with Crippen LogP contribution < -0.4 is 21.3 Å². The number of aromatic nitrogens is 1. The van der Waals surface area contributed by atoms with Gasteiger partial charge in [-0.15, -0.1) is 0 Å². The van der Waals surface area contributed by atoms with E-state index in [2.05, 4.69) is 31.3 Å². The summed E-state index contributed by atoms with van der Waals surface area (Å²) in [4.78, 5) is 71.4. The number of aryl methyl sites for hydroxylation is 1. The topological polar surface area (TPSA) is 184 Å². The minimum absolute atomic E-state index is 0.0130. The fraction of sp³-hybridized carbons (Fsp3) is 0.545. The highest BCUT2D eigenvalue weighted by Crippen LogP contribution is 2.29. The van der Waals surface area contributed by atoms with E-state index in [0.717, 1.165) is 24.2 Å². The molecule has 5 atom stereocenters. The molecule has 2 fully saturated rings. The number of nitrogens with zero attached hydrogens (tertiary/aromatic N) is 2. The van der Waals surface area contributed by atoms with E-state index in [-0.39, 0.29) is 43.3 Å². The third kappa shape index (κ3) is 13.9. The first-order valence-electron chi connectivity index (χ1n) is 20.5. The fourth-order valence-electron chi connectivity index (χ4n) is 7.03. The van der Waals surface area contributed by atoms with E-state index in [1.807, 2.05) is 88.4 Å². The molecule has 0 saturated carbocycles. The van der Waals surface area contributed by atoms with Crippen molar-refractivity contribution >= 4 is 29.4 Å². The van der Waals surface area contributed by atoms with Gasteiger partial charge >= 0.3 is 0 Å². The maximum absolute atomic E-state index is 14.2. The molecule has 2 saturated heterocycles. The Kier molecular flexibility index (Phi) is 16.1. The second kappa shape index (κ2) is 21.2. The predicted molar refractivity (Wildman–Crippen MR) is 217 cm³/mol. The second-order valence-electron chi connectivity index (χ2n) is 16.5. The molecule has 1 unspecified atom stereocenters. The summed E-state index contributed by atoms with van der Waals surface area (Å²) in [6.45, 7) is 13.2. The van der Waals surface area contributed by atoms with Crippen molar-refractivity contribution in [3.63, 3.8) is 0 Å². The Bertz CT molecular complexity index is 1810. The van der Waals surface area contributed by atoms with Crippen molar-refractivity contribution in [3.05, 3.63) is 89.3 Å². The Morgan fingerprint density at radius 3 is 1.91 bits per heavy atom. The SMILES string of the molecule is CC(C)C[C@H](NC(=O)[C@H](CCc1ccccc1)NC(=O)Cc1cc(CN2CCOCC2)on1)C(=O)N[C@@H](Cc1ccccc1)C(=O)N[C@@H](CC(C)C)C(=O)C1(C)CO1. The van der Waals surface area contributed by atoms with E-state index >= 15 is 0 Å². The van der Waals surface area contributed by atoms with Gasteiger partial charge in [0.15, 0.2) is 11.5 Å². The monoisotopic (exact) mass is 800 g/mol. The van der Waals surface area contributed by atoms with Crippen molar-refractivity contribution < 1.29 is 38.0 Å². The number of rotatable bonds is 22. The van der Waals surface area contributed by atoms with Gasteiger partial charge in [0.25, 0.3) is 0 Å². The Hall–Kier alpha value is -4.92. The number of morpholine rings is 1. The Labute approximate surface area is 341 Å². The summed E-state index contributed by atoms with van der Waals surface area (Å²) in [5.41, 5.74) is 1.30. The number of nitrogens with one attached hydrogen (secondary N) is 4. The number of ketones is 1. The third-order valence-electron chi connectivity index (χ3n) is 10.3. The van der Waals surface area contributed by atoms with Crippen molar-refractivity contribution in [2.24, 2.45) is 11.8 Å². The molecule has 1 aromatic heterocycles. The minimum Gasteiger partial charge on any atom is -0.379 e. The summed E-state index contributed by atoms with van der Waals surface area (Å²) < 4.78 is 16.3. The van der Waals surface area contributed by atoms with Gasteiger partial charge in [0.1, 0.15) is 23.7 Å². The smallest absolute Gasteiger partial charge is 0.243 e. The summed E-state index contributed by atoms with van der Waals surface area (Å²) >= 11 is 0. The van der Waals surface area contributed by atoms with Crippen molar-refractivity contribution in [1.82, 2.24) is 31.3 Å². The van der Waals surface area contributed by atoms with Crippen LogP contribution in [-0.2, 0) is 59.3 Å². The first-order valence-corrected chi connectivity index (χ1v) is 20.5. The number of epoxide rings is 1. The predicted octanol–water partition coefficient (Wildman–Crippen LogP) is 3.31. The molecule has 0 aliphatic carbocycles. The lowest BCUT2D eigenvalue weighted by atomic mass is 9.93. The van der Waals surface area contributed by atoms with Crippen LogP contribution in [0.3, 0.4) is 0 Å². The van der Waals surface area contributed by atoms with Gasteiger partial charge in [0, 0.05) is 25.6 Å². The maximum atomic E-state index is 14.2. The summed E-state index contributed by atoms with van der Waals surface area (Å²) in [5.74, 6) is -1.48. The number of ether oxygens (including phenoxy) is 2. The summed E-state index contributed by atoms with van der Waals surface area (Å²) in [6.07, 6.45) is 1.50. The molecular weight excluding hydrogens is 741 g/mol. The molecule has 2 aliphatic heterocycles. The number of hydrogen-bond donors (Lipinski definition) is 4. The van der Waals surface area contributed by atoms with Gasteiger partial charge in [-0.3, -0.25) is 28.9 Å². The van der Waals surface area contributed by atoms with Gasteiger partial charge in [-0.25, -0.2) is 0 Å². The number of carbonyl (C=O) groups is 5. The number of carbonyl (C=O) groups excluding carboxylic acids is 5. The molecule has 0 radical (unpaired) electrons. The molecule has 14 heteroatoms. The van der Waals surface area contributed by atoms with E-state index in [1.54, 1.807) is 13.0 Å². The van der Waals surface area contributed by atoms with Crippen LogP contribution in [-0.4, -0.2) is 102 Å². The lowest BCUT2D eigenvalue weighted by molar-refractivity contribution is -0.135. The van der Waals surface area contributed by atoms with E-state index in [9.17, 15) is 24.0 Å². The molecule has 4 N–H and O–H groups in total. The van der Waals surface area contributed by atoms with Gasteiger partial charge in [-0.1, -0.05) is 93.5 Å². The molecule has 0 spiro atoms. The van der Waals surface area contributed by atoms with Crippen LogP contribution in [0.5, 0.6) is 0 Å². The summed E-state index contributed by atoms with van der Waals surface area (Å²) in [5, 5.41) is 15.7. The lowest BCUT2D eigenvalue weighted by Crippen LogP contribution is -2.59. The fourth-order valence-corrected chi connectivity index (χ4v) is 7.03. The maximum Gasteiger partial charge on any atom is 0.243 e. The Balaban J connectivity index is 1.30. The molecular formula is C44H60N6O8. The van der Waals surface area contributed by atoms with Gasteiger partial charge < -0.3 is 35.3 Å². The highest BCUT2D eigenvalue weighted by Gasteiger charge is 2.50. The molecule has 2 aliphatic rings. The zero-order valence-corrected chi connectivity index (χ0v) is 34.5. The summed E-state index contributed by atoms with van der Waals surface area (Å²) in [7, 11) is 0. The van der Waals surface area contributed by atoms with Crippen LogP contribution in [0.15, 0.2) is 71.3 Å². The number of amides is 4. The zero-order valence-electron chi connectivity index (χ0n) is 34.5. The number of hydrogen-bond acceptors (Lipinski definition) is 10. The average Bonchev–Trinajstić information content (AvgIpc) is 3.81. The summed E-state index contributed by atoms with van der Waals surface area (Å²) in [6, 6.07) is 16.8. The molecule has 4 amide bonds. The lowest BCUT2D eigenvalue weighted by Gasteiger charge is -2.28. The highest BCUT2D eigenvalue weighted by molar-refractivity contribution is 5.98. The van der Waals surface area contributed by atoms with Crippen molar-refractivity contribution in [1.29, 1.82) is 0 Å². The van der Waals surface area contributed by atoms with Gasteiger partial charge in [0.2, 0.25) is 23.6 Å². The Morgan fingerprint density at radius 2 is 1.29 bits per heavy atom. The van der Waals surface area contributed by atoms with Gasteiger partial charge in [0.05, 0.1) is 44.5 Å². The minimum atomic E-state index is -1.05. The average molecular weight is 801 g/mol. The van der Waals surface area contributed by atoms with Gasteiger partial charge in [-0.05, 0) is 55.6 Å². The molecule has 3 heterocycles. The van der Waals surface area contributed by atoms with Crippen LogP contribution in [0.4, 0.5) is 0 Å². The molecule has 0 bridgehead atoms. The van der Waals surface area contributed by atoms with E-state index in [1.165, 1.54) is 0 Å². The highest BCUT2D eigenvalue weighted by atomic mass is 16.6. The standard InChI is InChI=1S/C44H60N6O8/c1-29(2)22-36(40(52)44(5)28-57-44)46-43(55)38(24-32-14-10-7-11-15-32)48-42(54)37(23-30(3)4)47-41(53)35(17-16-31-12-8-6-9-13-31)45-39(51)26-33-25-34(58-49-33)27-50-18-20-56-21-19-50/h6-15,25,29-30,35-38H,16-24,26-28H2,1-5H3,(H,45,51)(H,46,55)(H,47,53)(H,48,54)/t35-,36-,37-,38-,44?/m0/s1. The van der Waals surface area contributed by atoms with Crippen LogP contribution in [0.2, 0.25) is 0 Å². The largest absolute Gasteiger partial charge is 0.379 e. The normalized spacial score (nSPS) is 18.8. The van der Waals surface area contributed by atoms with Crippen molar-refractivity contribution in [3.8, 4) is 0 Å². The van der Waals surface area contributed by atoms with Crippen LogP contribution in [0.25, 0.3) is 0 Å². The second-order valence-corrected chi connectivity index (χ2v) is 16.5. The first kappa shape index (κ1) is 44.2. The van der Waals surface area contributed by atoms with Crippen LogP contribution in [0.1, 0.15) is 76.5 Å². The van der Waals surface area contributed by atoms with Crippen molar-refractivity contribution in [2.45, 2.75) is 109 Å². The number of benzene rings is 2. The third-order valence-corrected chi connectivity index (χ3v) is 10.3. The first-order chi connectivity index (χ1) is 27.8. The molecule has 2 aromatic carbocycles. The zero-order chi connectivity index (χ0) is 41.7. The molecule has 3 aromatic rings. The van der Waals surface area contributed by atoms with Gasteiger partial charge in [-0.2, -0.15) is 0 Å². The number of Topliss-reactive ketones (excluding diaryl/α,β-unsaturated/α-hetero) is 1. The van der Waals surface area contributed by atoms with Crippen molar-refractivity contribution in [2.75, 3.05) is 32.9 Å². The van der Waals surface area contributed by atoms with Crippen LogP contribution in [0, 0.1) is 11.8 Å². The molecule has 58 heavy (non-hydrogen) atoms. The van der Waals surface area contributed by atoms with Crippen LogP contribution >= 0.6 is 0 Å². The van der Waals surface area contributed by atoms with E-state index < -0.39 is 53.4 Å². The van der Waals surface area contributed by atoms with E-state index in [0.29, 0.717) is 50.7 Å². The quantitative estimate of drug-likeness (QED) is 0.110.